The summed E-state index contributed by atoms with van der Waals surface area (Å²) in [5, 5.41) is 9.02. The Kier molecular flexibility index (Phi) is 3.07. The molecule has 0 amide bonds. The molecule has 0 spiro atoms. The van der Waals surface area contributed by atoms with Gasteiger partial charge in [-0.1, -0.05) is 27.5 Å². The van der Waals surface area contributed by atoms with E-state index in [1.165, 1.54) is 0 Å². The van der Waals surface area contributed by atoms with E-state index >= 15 is 0 Å². The molecule has 0 N–H and O–H groups in total. The molecule has 4 heteroatoms. The summed E-state index contributed by atoms with van der Waals surface area (Å²) in [7, 11) is 0. The zero-order valence-electron chi connectivity index (χ0n) is 5.94. The number of alkyl halides is 1. The van der Waals surface area contributed by atoms with Gasteiger partial charge in [0.1, 0.15) is 5.82 Å². The van der Waals surface area contributed by atoms with Crippen LogP contribution in [-0.4, -0.2) is 0 Å². The fourth-order valence-corrected chi connectivity index (χ4v) is 1.59. The Morgan fingerprint density at radius 2 is 2.25 bits per heavy atom. The van der Waals surface area contributed by atoms with Crippen molar-refractivity contribution in [1.29, 1.82) is 5.26 Å². The van der Waals surface area contributed by atoms with Gasteiger partial charge in [0, 0.05) is 5.33 Å². The number of rotatable bonds is 1. The monoisotopic (exact) mass is 247 g/mol. The molecule has 0 bridgehead atoms. The summed E-state index contributed by atoms with van der Waals surface area (Å²) in [5.74, 6) is -0.551. The zero-order chi connectivity index (χ0) is 9.14. The maximum absolute atomic E-state index is 12.9. The van der Waals surface area contributed by atoms with Crippen molar-refractivity contribution >= 4 is 27.5 Å². The van der Waals surface area contributed by atoms with Crippen molar-refractivity contribution in [3.05, 3.63) is 34.1 Å². The molecule has 1 aromatic carbocycles. The van der Waals surface area contributed by atoms with E-state index in [1.807, 2.05) is 6.07 Å². The smallest absolute Gasteiger partial charge is 0.143 e. The number of benzene rings is 1. The van der Waals surface area contributed by atoms with Crippen LogP contribution in [0.4, 0.5) is 4.39 Å². The van der Waals surface area contributed by atoms with Gasteiger partial charge in [0.2, 0.25) is 0 Å². The molecule has 1 aromatic rings. The van der Waals surface area contributed by atoms with Crippen molar-refractivity contribution in [1.82, 2.24) is 0 Å². The highest BCUT2D eigenvalue weighted by molar-refractivity contribution is 9.08. The second kappa shape index (κ2) is 3.88. The van der Waals surface area contributed by atoms with Crippen LogP contribution in [0.25, 0.3) is 0 Å². The van der Waals surface area contributed by atoms with Crippen LogP contribution in [0.2, 0.25) is 5.02 Å². The Balaban J connectivity index is 3.31. The molecule has 0 saturated heterocycles. The first-order chi connectivity index (χ1) is 5.69. The summed E-state index contributed by atoms with van der Waals surface area (Å²) in [4.78, 5) is 0. The van der Waals surface area contributed by atoms with Gasteiger partial charge in [-0.25, -0.2) is 4.39 Å². The fourth-order valence-electron chi connectivity index (χ4n) is 0.808. The van der Waals surface area contributed by atoms with Crippen LogP contribution in [0.1, 0.15) is 11.1 Å². The quantitative estimate of drug-likeness (QED) is 0.700. The molecule has 0 aliphatic heterocycles. The number of hydrogen-bond donors (Lipinski definition) is 0. The molecule has 0 unspecified atom stereocenters. The molecule has 62 valence electrons. The van der Waals surface area contributed by atoms with Gasteiger partial charge in [-0.2, -0.15) is 5.26 Å². The minimum Gasteiger partial charge on any atom is -0.205 e. The largest absolute Gasteiger partial charge is 0.205 e. The molecule has 0 aromatic heterocycles. The molecular formula is C8H4BrClFN. The lowest BCUT2D eigenvalue weighted by Gasteiger charge is -2.01. The third kappa shape index (κ3) is 1.77. The molecule has 0 aliphatic carbocycles. The molecule has 0 saturated carbocycles. The second-order valence-corrected chi connectivity index (χ2v) is 3.12. The Hall–Kier alpha value is -0.590. The molecule has 1 nitrogen and oxygen atoms in total. The SMILES string of the molecule is N#Cc1cc(F)c(Cl)c(CBr)c1. The van der Waals surface area contributed by atoms with E-state index in [9.17, 15) is 4.39 Å². The van der Waals surface area contributed by atoms with Gasteiger partial charge in [0.25, 0.3) is 0 Å². The fraction of sp³-hybridized carbons (Fsp3) is 0.125. The predicted octanol–water partition coefficient (Wildman–Crippen LogP) is 3.25. The lowest BCUT2D eigenvalue weighted by molar-refractivity contribution is 0.626. The Labute approximate surface area is 82.9 Å². The minimum absolute atomic E-state index is 0.0749. The van der Waals surface area contributed by atoms with Crippen LogP contribution in [0.15, 0.2) is 12.1 Å². The highest BCUT2D eigenvalue weighted by Gasteiger charge is 2.07. The van der Waals surface area contributed by atoms with Crippen LogP contribution in [0.5, 0.6) is 0 Å². The summed E-state index contributed by atoms with van der Waals surface area (Å²) < 4.78 is 12.9. The average molecular weight is 248 g/mol. The van der Waals surface area contributed by atoms with Crippen LogP contribution in [-0.2, 0) is 5.33 Å². The van der Waals surface area contributed by atoms with E-state index in [2.05, 4.69) is 15.9 Å². The maximum atomic E-state index is 12.9. The topological polar surface area (TPSA) is 23.8 Å². The lowest BCUT2D eigenvalue weighted by Crippen LogP contribution is -1.87. The summed E-state index contributed by atoms with van der Waals surface area (Å²) in [6, 6.07) is 4.53. The first kappa shape index (κ1) is 9.50. The van der Waals surface area contributed by atoms with Gasteiger partial charge in [0.05, 0.1) is 16.7 Å². The van der Waals surface area contributed by atoms with E-state index in [-0.39, 0.29) is 10.6 Å². The minimum atomic E-state index is -0.551. The standard InChI is InChI=1S/C8H4BrClFN/c9-3-6-1-5(4-12)2-7(11)8(6)10/h1-2H,3H2. The summed E-state index contributed by atoms with van der Waals surface area (Å²) in [6.45, 7) is 0. The van der Waals surface area contributed by atoms with Gasteiger partial charge in [-0.15, -0.1) is 0 Å². The number of nitrogens with zero attached hydrogens (tertiary/aromatic N) is 1. The normalized spacial score (nSPS) is 9.50. The third-order valence-electron chi connectivity index (χ3n) is 1.38. The first-order valence-corrected chi connectivity index (χ1v) is 4.63. The first-order valence-electron chi connectivity index (χ1n) is 3.13. The zero-order valence-corrected chi connectivity index (χ0v) is 8.28. The number of halogens is 3. The van der Waals surface area contributed by atoms with E-state index in [0.717, 1.165) is 6.07 Å². The molecule has 12 heavy (non-hydrogen) atoms. The highest BCUT2D eigenvalue weighted by Crippen LogP contribution is 2.23. The van der Waals surface area contributed by atoms with Crippen molar-refractivity contribution in [3.8, 4) is 6.07 Å². The maximum Gasteiger partial charge on any atom is 0.143 e. The average Bonchev–Trinajstić information content (AvgIpc) is 2.09. The van der Waals surface area contributed by atoms with E-state index in [4.69, 9.17) is 16.9 Å². The van der Waals surface area contributed by atoms with Gasteiger partial charge in [0.15, 0.2) is 0 Å². The van der Waals surface area contributed by atoms with Gasteiger partial charge >= 0.3 is 0 Å². The third-order valence-corrected chi connectivity index (χ3v) is 2.40. The Bertz CT molecular complexity index is 346. The summed E-state index contributed by atoms with van der Waals surface area (Å²) >= 11 is 8.75. The van der Waals surface area contributed by atoms with E-state index in [1.54, 1.807) is 6.07 Å². The van der Waals surface area contributed by atoms with Crippen molar-refractivity contribution in [2.45, 2.75) is 5.33 Å². The van der Waals surface area contributed by atoms with Crippen molar-refractivity contribution < 1.29 is 4.39 Å². The summed E-state index contributed by atoms with van der Waals surface area (Å²) in [5.41, 5.74) is 0.875. The lowest BCUT2D eigenvalue weighted by atomic mass is 10.1. The molecule has 0 aliphatic rings. The highest BCUT2D eigenvalue weighted by atomic mass is 79.9. The second-order valence-electron chi connectivity index (χ2n) is 2.18. The van der Waals surface area contributed by atoms with Crippen LogP contribution < -0.4 is 0 Å². The van der Waals surface area contributed by atoms with Gasteiger partial charge in [-0.3, -0.25) is 0 Å². The van der Waals surface area contributed by atoms with Crippen LogP contribution in [0, 0.1) is 17.1 Å². The Morgan fingerprint density at radius 1 is 1.58 bits per heavy atom. The molecule has 1 rings (SSSR count). The van der Waals surface area contributed by atoms with Gasteiger partial charge < -0.3 is 0 Å². The molecule has 0 fully saturated rings. The van der Waals surface area contributed by atoms with Crippen molar-refractivity contribution in [3.63, 3.8) is 0 Å². The Morgan fingerprint density at radius 3 is 2.75 bits per heavy atom. The van der Waals surface area contributed by atoms with Gasteiger partial charge in [-0.05, 0) is 17.7 Å². The van der Waals surface area contributed by atoms with E-state index in [0.29, 0.717) is 10.9 Å². The van der Waals surface area contributed by atoms with Crippen LogP contribution in [0.3, 0.4) is 0 Å². The van der Waals surface area contributed by atoms with E-state index < -0.39 is 5.82 Å². The number of hydrogen-bond acceptors (Lipinski definition) is 1. The van der Waals surface area contributed by atoms with Crippen molar-refractivity contribution in [2.24, 2.45) is 0 Å². The molecule has 0 atom stereocenters. The summed E-state index contributed by atoms with van der Waals surface area (Å²) in [6.07, 6.45) is 0. The number of nitriles is 1. The van der Waals surface area contributed by atoms with Crippen molar-refractivity contribution in [2.75, 3.05) is 0 Å². The molecule has 0 heterocycles. The van der Waals surface area contributed by atoms with Crippen LogP contribution >= 0.6 is 27.5 Å². The molecular weight excluding hydrogens is 244 g/mol. The predicted molar refractivity (Wildman–Crippen MR) is 48.8 cm³/mol. The molecule has 0 radical (unpaired) electrons.